The Morgan fingerprint density at radius 3 is 2.32 bits per heavy atom. The Balaban J connectivity index is 0.00000280. The van der Waals surface area contributed by atoms with Gasteiger partial charge in [0.05, 0.1) is 4.90 Å². The third-order valence-corrected chi connectivity index (χ3v) is 7.49. The van der Waals surface area contributed by atoms with Gasteiger partial charge < -0.3 is 10.2 Å². The van der Waals surface area contributed by atoms with Gasteiger partial charge in [-0.15, -0.1) is 12.4 Å². The minimum absolute atomic E-state index is 0. The van der Waals surface area contributed by atoms with E-state index in [2.05, 4.69) is 12.2 Å². The molecule has 8 heteroatoms. The summed E-state index contributed by atoms with van der Waals surface area (Å²) in [6, 6.07) is 7.30. The maximum atomic E-state index is 12.8. The molecular weight excluding hydrogens is 398 g/mol. The quantitative estimate of drug-likeness (QED) is 0.780. The molecule has 2 aliphatic heterocycles. The van der Waals surface area contributed by atoms with Crippen molar-refractivity contribution in [2.75, 3.05) is 32.7 Å². The van der Waals surface area contributed by atoms with Gasteiger partial charge in [-0.25, -0.2) is 8.42 Å². The average Bonchev–Trinajstić information content (AvgIpc) is 2.97. The molecule has 2 aliphatic rings. The predicted octanol–water partition coefficient (Wildman–Crippen LogP) is 2.43. The molecule has 2 heterocycles. The fourth-order valence-electron chi connectivity index (χ4n) is 3.87. The van der Waals surface area contributed by atoms with E-state index in [0.29, 0.717) is 30.8 Å². The van der Waals surface area contributed by atoms with Crippen LogP contribution in [0.4, 0.5) is 0 Å². The molecule has 1 aromatic carbocycles. The van der Waals surface area contributed by atoms with Crippen LogP contribution in [-0.4, -0.2) is 62.3 Å². The third-order valence-electron chi connectivity index (χ3n) is 5.58. The van der Waals surface area contributed by atoms with E-state index in [9.17, 15) is 13.2 Å². The van der Waals surface area contributed by atoms with Crippen LogP contribution < -0.4 is 5.32 Å². The van der Waals surface area contributed by atoms with E-state index in [-0.39, 0.29) is 24.4 Å². The Labute approximate surface area is 175 Å². The van der Waals surface area contributed by atoms with E-state index in [1.165, 1.54) is 0 Å². The zero-order valence-electron chi connectivity index (χ0n) is 16.6. The molecule has 2 saturated heterocycles. The lowest BCUT2D eigenvalue weighted by Crippen LogP contribution is -2.52. The monoisotopic (exact) mass is 429 g/mol. The van der Waals surface area contributed by atoms with Gasteiger partial charge in [0.15, 0.2) is 0 Å². The Kier molecular flexibility index (Phi) is 8.74. The zero-order valence-corrected chi connectivity index (χ0v) is 18.2. The van der Waals surface area contributed by atoms with Gasteiger partial charge in [-0.3, -0.25) is 4.79 Å². The summed E-state index contributed by atoms with van der Waals surface area (Å²) < 4.78 is 27.3. The number of rotatable bonds is 5. The number of halogens is 1. The first-order valence-electron chi connectivity index (χ1n) is 10.1. The van der Waals surface area contributed by atoms with Gasteiger partial charge in [-0.05, 0) is 43.9 Å². The Morgan fingerprint density at radius 2 is 1.71 bits per heavy atom. The fraction of sp³-hybridized carbons (Fsp3) is 0.650. The van der Waals surface area contributed by atoms with E-state index in [1.54, 1.807) is 16.4 Å². The summed E-state index contributed by atoms with van der Waals surface area (Å²) in [6.45, 7) is 5.73. The molecule has 0 aromatic heterocycles. The van der Waals surface area contributed by atoms with Gasteiger partial charge in [0.25, 0.3) is 0 Å². The van der Waals surface area contributed by atoms with Gasteiger partial charge in [0, 0.05) is 45.2 Å². The number of piperazine rings is 1. The number of nitrogens with zero attached hydrogens (tertiary/aromatic N) is 2. The van der Waals surface area contributed by atoms with Crippen LogP contribution in [0.5, 0.6) is 0 Å². The van der Waals surface area contributed by atoms with Gasteiger partial charge in [-0.1, -0.05) is 25.0 Å². The molecule has 1 amide bonds. The van der Waals surface area contributed by atoms with Crippen LogP contribution >= 0.6 is 12.4 Å². The molecule has 28 heavy (non-hydrogen) atoms. The molecule has 0 bridgehead atoms. The molecule has 0 aliphatic carbocycles. The van der Waals surface area contributed by atoms with Crippen molar-refractivity contribution in [3.8, 4) is 0 Å². The highest BCUT2D eigenvalue weighted by Gasteiger charge is 2.25. The standard InChI is InChI=1S/C20H31N3O3S.ClH/c1-17-16-21-12-15-23(17)20(24)11-8-18-6-9-19(10-7-18)27(25,26)22-13-4-2-3-5-14-22;/h6-7,9-10,17,21H,2-5,8,11-16H2,1H3;1H/t17-;/m0./s1. The van der Waals surface area contributed by atoms with E-state index < -0.39 is 10.0 Å². The van der Waals surface area contributed by atoms with Crippen molar-refractivity contribution in [1.82, 2.24) is 14.5 Å². The zero-order chi connectivity index (χ0) is 19.3. The Morgan fingerprint density at radius 1 is 1.07 bits per heavy atom. The van der Waals surface area contributed by atoms with Crippen molar-refractivity contribution in [3.63, 3.8) is 0 Å². The van der Waals surface area contributed by atoms with Crippen molar-refractivity contribution < 1.29 is 13.2 Å². The number of benzene rings is 1. The van der Waals surface area contributed by atoms with E-state index in [4.69, 9.17) is 0 Å². The van der Waals surface area contributed by atoms with Crippen molar-refractivity contribution in [1.29, 1.82) is 0 Å². The third kappa shape index (κ3) is 5.69. The maximum absolute atomic E-state index is 12.8. The molecule has 1 aromatic rings. The Hall–Kier alpha value is -1.15. The van der Waals surface area contributed by atoms with Crippen LogP contribution in [0.25, 0.3) is 0 Å². The lowest BCUT2D eigenvalue weighted by atomic mass is 10.1. The topological polar surface area (TPSA) is 69.7 Å². The van der Waals surface area contributed by atoms with Crippen molar-refractivity contribution >= 4 is 28.3 Å². The number of nitrogens with one attached hydrogen (secondary N) is 1. The van der Waals surface area contributed by atoms with Crippen molar-refractivity contribution in [3.05, 3.63) is 29.8 Å². The fourth-order valence-corrected chi connectivity index (χ4v) is 5.38. The molecule has 0 radical (unpaired) electrons. The number of amides is 1. The van der Waals surface area contributed by atoms with Crippen LogP contribution in [0.2, 0.25) is 0 Å². The number of carbonyl (C=O) groups excluding carboxylic acids is 1. The Bertz CT molecular complexity index is 732. The smallest absolute Gasteiger partial charge is 0.243 e. The van der Waals surface area contributed by atoms with Crippen molar-refractivity contribution in [2.24, 2.45) is 0 Å². The SMILES string of the molecule is C[C@H]1CNCCN1C(=O)CCc1ccc(S(=O)(=O)N2CCCCCC2)cc1.Cl. The molecule has 0 spiro atoms. The summed E-state index contributed by atoms with van der Waals surface area (Å²) in [7, 11) is -3.41. The highest BCUT2D eigenvalue weighted by atomic mass is 35.5. The molecule has 158 valence electrons. The van der Waals surface area contributed by atoms with Gasteiger partial charge in [-0.2, -0.15) is 4.31 Å². The molecular formula is C20H32ClN3O3S. The summed E-state index contributed by atoms with van der Waals surface area (Å²) >= 11 is 0. The molecule has 3 rings (SSSR count). The predicted molar refractivity (Wildman–Crippen MR) is 113 cm³/mol. The van der Waals surface area contributed by atoms with Crippen molar-refractivity contribution in [2.45, 2.75) is 56.4 Å². The normalized spacial score (nSPS) is 21.6. The minimum Gasteiger partial charge on any atom is -0.337 e. The number of aryl methyl sites for hydroxylation is 1. The second-order valence-corrected chi connectivity index (χ2v) is 9.54. The first kappa shape index (κ1) is 23.1. The lowest BCUT2D eigenvalue weighted by Gasteiger charge is -2.34. The van der Waals surface area contributed by atoms with Crippen LogP contribution in [0.1, 0.15) is 44.6 Å². The summed E-state index contributed by atoms with van der Waals surface area (Å²) in [5.41, 5.74) is 1.00. The molecule has 2 fully saturated rings. The second kappa shape index (κ2) is 10.6. The summed E-state index contributed by atoms with van der Waals surface area (Å²) in [5.74, 6) is 0.172. The number of hydrogen-bond donors (Lipinski definition) is 1. The molecule has 1 atom stereocenters. The van der Waals surface area contributed by atoms with Gasteiger partial charge >= 0.3 is 0 Å². The second-order valence-electron chi connectivity index (χ2n) is 7.60. The van der Waals surface area contributed by atoms with Crippen LogP contribution in [0.3, 0.4) is 0 Å². The first-order valence-corrected chi connectivity index (χ1v) is 11.5. The maximum Gasteiger partial charge on any atom is 0.243 e. The summed E-state index contributed by atoms with van der Waals surface area (Å²) in [6.07, 6.45) is 5.17. The van der Waals surface area contributed by atoms with Gasteiger partial charge in [0.2, 0.25) is 15.9 Å². The molecule has 0 saturated carbocycles. The molecule has 1 N–H and O–H groups in total. The van der Waals surface area contributed by atoms with E-state index in [0.717, 1.165) is 50.9 Å². The number of hydrogen-bond acceptors (Lipinski definition) is 4. The highest BCUT2D eigenvalue weighted by Crippen LogP contribution is 2.21. The lowest BCUT2D eigenvalue weighted by molar-refractivity contribution is -0.133. The molecule has 6 nitrogen and oxygen atoms in total. The van der Waals surface area contributed by atoms with E-state index >= 15 is 0 Å². The number of carbonyl (C=O) groups is 1. The van der Waals surface area contributed by atoms with Crippen LogP contribution in [0.15, 0.2) is 29.2 Å². The largest absolute Gasteiger partial charge is 0.337 e. The van der Waals surface area contributed by atoms with Crippen LogP contribution in [0, 0.1) is 0 Å². The summed E-state index contributed by atoms with van der Waals surface area (Å²) in [5, 5.41) is 3.29. The van der Waals surface area contributed by atoms with Gasteiger partial charge in [0.1, 0.15) is 0 Å². The highest BCUT2D eigenvalue weighted by molar-refractivity contribution is 7.89. The van der Waals surface area contributed by atoms with Crippen LogP contribution in [-0.2, 0) is 21.2 Å². The van der Waals surface area contributed by atoms with E-state index in [1.807, 2.05) is 17.0 Å². The molecule has 0 unspecified atom stereocenters. The average molecular weight is 430 g/mol. The number of sulfonamides is 1. The summed E-state index contributed by atoms with van der Waals surface area (Å²) in [4.78, 5) is 14.7. The first-order chi connectivity index (χ1) is 13.0. The minimum atomic E-state index is -3.41.